The second-order valence-electron chi connectivity index (χ2n) is 4.46. The largest absolute Gasteiger partial charge is 0.306 e. The zero-order chi connectivity index (χ0) is 13.1. The Kier molecular flexibility index (Phi) is 3.58. The maximum absolute atomic E-state index is 4.11. The number of nitrogens with one attached hydrogen (secondary N) is 1. The summed E-state index contributed by atoms with van der Waals surface area (Å²) in [6.45, 7) is 3.08. The van der Waals surface area contributed by atoms with E-state index in [1.165, 1.54) is 21.2 Å². The van der Waals surface area contributed by atoms with E-state index in [9.17, 15) is 0 Å². The summed E-state index contributed by atoms with van der Waals surface area (Å²) in [6.07, 6.45) is 3.71. The Morgan fingerprint density at radius 2 is 1.95 bits per heavy atom. The Hall–Kier alpha value is -1.71. The van der Waals surface area contributed by atoms with Crippen LogP contribution in [-0.4, -0.2) is 11.5 Å². The number of nitrogens with zero attached hydrogens (tertiary/aromatic N) is 1. The van der Waals surface area contributed by atoms with Crippen molar-refractivity contribution in [3.63, 3.8) is 0 Å². The Morgan fingerprint density at radius 3 is 2.74 bits per heavy atom. The van der Waals surface area contributed by atoms with E-state index in [1.54, 1.807) is 0 Å². The molecule has 1 aromatic carbocycles. The van der Waals surface area contributed by atoms with Gasteiger partial charge in [0.2, 0.25) is 0 Å². The Bertz CT molecular complexity index is 661. The lowest BCUT2D eigenvalue weighted by Gasteiger charge is -2.18. The fourth-order valence-electron chi connectivity index (χ4n) is 2.39. The first-order valence-corrected chi connectivity index (χ1v) is 7.37. The molecule has 0 amide bonds. The Balaban J connectivity index is 2.10. The Morgan fingerprint density at radius 1 is 1.16 bits per heavy atom. The molecule has 2 aromatic heterocycles. The lowest BCUT2D eigenvalue weighted by molar-refractivity contribution is 0.635. The van der Waals surface area contributed by atoms with Crippen LogP contribution in [0.1, 0.15) is 24.1 Å². The highest BCUT2D eigenvalue weighted by Crippen LogP contribution is 2.33. The molecule has 3 heteroatoms. The lowest BCUT2D eigenvalue weighted by Crippen LogP contribution is -2.21. The average molecular weight is 268 g/mol. The van der Waals surface area contributed by atoms with E-state index >= 15 is 0 Å². The van der Waals surface area contributed by atoms with Gasteiger partial charge >= 0.3 is 0 Å². The molecule has 19 heavy (non-hydrogen) atoms. The van der Waals surface area contributed by atoms with Crippen molar-refractivity contribution in [2.75, 3.05) is 6.54 Å². The molecule has 0 bridgehead atoms. The highest BCUT2D eigenvalue weighted by molar-refractivity contribution is 7.17. The monoisotopic (exact) mass is 268 g/mol. The van der Waals surface area contributed by atoms with Crippen molar-refractivity contribution in [3.05, 3.63) is 65.3 Å². The summed E-state index contributed by atoms with van der Waals surface area (Å²) in [4.78, 5) is 4.11. The van der Waals surface area contributed by atoms with E-state index in [2.05, 4.69) is 59.0 Å². The third kappa shape index (κ3) is 2.39. The average Bonchev–Trinajstić information content (AvgIpc) is 2.89. The van der Waals surface area contributed by atoms with E-state index in [1.807, 2.05) is 23.7 Å². The van der Waals surface area contributed by atoms with Crippen molar-refractivity contribution in [2.45, 2.75) is 13.0 Å². The van der Waals surface area contributed by atoms with Gasteiger partial charge < -0.3 is 5.32 Å². The van der Waals surface area contributed by atoms with Crippen molar-refractivity contribution < 1.29 is 0 Å². The number of rotatable bonds is 4. The molecule has 1 N–H and O–H groups in total. The van der Waals surface area contributed by atoms with Crippen molar-refractivity contribution in [3.8, 4) is 0 Å². The minimum absolute atomic E-state index is 0.240. The fourth-order valence-corrected chi connectivity index (χ4v) is 3.38. The third-order valence-electron chi connectivity index (χ3n) is 3.27. The van der Waals surface area contributed by atoms with Crippen molar-refractivity contribution in [1.82, 2.24) is 10.3 Å². The number of benzene rings is 1. The molecule has 0 aliphatic carbocycles. The fraction of sp³-hybridized carbons (Fsp3) is 0.188. The molecule has 1 unspecified atom stereocenters. The summed E-state index contributed by atoms with van der Waals surface area (Å²) in [6, 6.07) is 13.0. The summed E-state index contributed by atoms with van der Waals surface area (Å²) >= 11 is 1.81. The van der Waals surface area contributed by atoms with Crippen LogP contribution >= 0.6 is 11.3 Å². The van der Waals surface area contributed by atoms with Gasteiger partial charge in [-0.15, -0.1) is 11.3 Å². The predicted molar refractivity (Wildman–Crippen MR) is 81.6 cm³/mol. The zero-order valence-corrected chi connectivity index (χ0v) is 11.7. The highest BCUT2D eigenvalue weighted by Gasteiger charge is 2.16. The number of thiophene rings is 1. The summed E-state index contributed by atoms with van der Waals surface area (Å²) in [7, 11) is 0. The molecule has 3 aromatic rings. The maximum Gasteiger partial charge on any atom is 0.0592 e. The van der Waals surface area contributed by atoms with Crippen LogP contribution in [0, 0.1) is 0 Å². The molecule has 0 saturated carbocycles. The standard InChI is InChI=1S/C16H16N2S/c1-2-18-16(12-7-9-17-10-8-12)14-11-19-15-6-4-3-5-13(14)15/h3-11,16,18H,2H2,1H3. The minimum Gasteiger partial charge on any atom is -0.306 e. The van der Waals surface area contributed by atoms with Crippen LogP contribution in [0.15, 0.2) is 54.2 Å². The van der Waals surface area contributed by atoms with Crippen LogP contribution in [0.2, 0.25) is 0 Å². The van der Waals surface area contributed by atoms with E-state index < -0.39 is 0 Å². The van der Waals surface area contributed by atoms with E-state index in [0.29, 0.717) is 0 Å². The zero-order valence-electron chi connectivity index (χ0n) is 10.8. The van der Waals surface area contributed by atoms with Gasteiger partial charge in [0, 0.05) is 17.1 Å². The number of pyridine rings is 1. The second-order valence-corrected chi connectivity index (χ2v) is 5.37. The van der Waals surface area contributed by atoms with Gasteiger partial charge in [-0.2, -0.15) is 0 Å². The number of hydrogen-bond acceptors (Lipinski definition) is 3. The van der Waals surface area contributed by atoms with Crippen molar-refractivity contribution in [1.29, 1.82) is 0 Å². The van der Waals surface area contributed by atoms with Crippen LogP contribution in [0.5, 0.6) is 0 Å². The summed E-state index contributed by atoms with van der Waals surface area (Å²) < 4.78 is 1.34. The van der Waals surface area contributed by atoms with Crippen LogP contribution < -0.4 is 5.32 Å². The molecule has 1 atom stereocenters. The lowest BCUT2D eigenvalue weighted by atomic mass is 9.99. The SMILES string of the molecule is CCNC(c1ccncc1)c1csc2ccccc12. The molecule has 2 nitrogen and oxygen atoms in total. The molecule has 0 aliphatic rings. The molecular weight excluding hydrogens is 252 g/mol. The molecule has 96 valence electrons. The van der Waals surface area contributed by atoms with Gasteiger partial charge in [-0.3, -0.25) is 4.98 Å². The number of fused-ring (bicyclic) bond motifs is 1. The molecule has 0 spiro atoms. The van der Waals surface area contributed by atoms with E-state index in [4.69, 9.17) is 0 Å². The van der Waals surface area contributed by atoms with Gasteiger partial charge in [0.25, 0.3) is 0 Å². The highest BCUT2D eigenvalue weighted by atomic mass is 32.1. The molecule has 0 fully saturated rings. The number of aromatic nitrogens is 1. The predicted octanol–water partition coefficient (Wildman–Crippen LogP) is 4.00. The van der Waals surface area contributed by atoms with Gasteiger partial charge in [-0.1, -0.05) is 25.1 Å². The molecule has 2 heterocycles. The topological polar surface area (TPSA) is 24.9 Å². The van der Waals surface area contributed by atoms with Crippen molar-refractivity contribution >= 4 is 21.4 Å². The van der Waals surface area contributed by atoms with Gasteiger partial charge in [0.15, 0.2) is 0 Å². The molecule has 0 saturated heterocycles. The van der Waals surface area contributed by atoms with Crippen LogP contribution in [0.3, 0.4) is 0 Å². The van der Waals surface area contributed by atoms with E-state index in [-0.39, 0.29) is 6.04 Å². The van der Waals surface area contributed by atoms with Gasteiger partial charge in [-0.25, -0.2) is 0 Å². The molecule has 0 radical (unpaired) electrons. The van der Waals surface area contributed by atoms with Crippen molar-refractivity contribution in [2.24, 2.45) is 0 Å². The smallest absolute Gasteiger partial charge is 0.0592 e. The van der Waals surface area contributed by atoms with Crippen LogP contribution in [0.4, 0.5) is 0 Å². The second kappa shape index (κ2) is 5.51. The molecule has 0 aliphatic heterocycles. The van der Waals surface area contributed by atoms with Gasteiger partial charge in [0.1, 0.15) is 0 Å². The first kappa shape index (κ1) is 12.3. The van der Waals surface area contributed by atoms with Crippen LogP contribution in [0.25, 0.3) is 10.1 Å². The Labute approximate surface area is 117 Å². The first-order chi connectivity index (χ1) is 9.40. The van der Waals surface area contributed by atoms with Gasteiger partial charge in [-0.05, 0) is 46.6 Å². The summed E-state index contributed by atoms with van der Waals surface area (Å²) in [5.41, 5.74) is 2.62. The minimum atomic E-state index is 0.240. The summed E-state index contributed by atoms with van der Waals surface area (Å²) in [5.74, 6) is 0. The van der Waals surface area contributed by atoms with E-state index in [0.717, 1.165) is 6.54 Å². The summed E-state index contributed by atoms with van der Waals surface area (Å²) in [5, 5.41) is 7.18. The molecular formula is C16H16N2S. The normalized spacial score (nSPS) is 12.7. The quantitative estimate of drug-likeness (QED) is 0.773. The van der Waals surface area contributed by atoms with Crippen LogP contribution in [-0.2, 0) is 0 Å². The first-order valence-electron chi connectivity index (χ1n) is 6.49. The van der Waals surface area contributed by atoms with Gasteiger partial charge in [0.05, 0.1) is 6.04 Å². The molecule has 3 rings (SSSR count). The third-order valence-corrected chi connectivity index (χ3v) is 4.25. The number of hydrogen-bond donors (Lipinski definition) is 1. The maximum atomic E-state index is 4.11.